The second-order valence-electron chi connectivity index (χ2n) is 28.6. The average molecular weight is 1040 g/mol. The predicted octanol–water partition coefficient (Wildman–Crippen LogP) is 19.1. The van der Waals surface area contributed by atoms with Gasteiger partial charge in [-0.3, -0.25) is 0 Å². The molecule has 3 heterocycles. The van der Waals surface area contributed by atoms with E-state index in [2.05, 4.69) is 271 Å². The highest BCUT2D eigenvalue weighted by Gasteiger charge is 2.48. The highest BCUT2D eigenvalue weighted by atomic mass is 32.1. The zero-order chi connectivity index (χ0) is 55.0. The smallest absolute Gasteiger partial charge is 0.252 e. The van der Waals surface area contributed by atoms with E-state index in [1.54, 1.807) is 0 Å². The van der Waals surface area contributed by atoms with Gasteiger partial charge in [0.25, 0.3) is 6.71 Å². The summed E-state index contributed by atoms with van der Waals surface area (Å²) in [6.45, 7) is 38.3. The molecule has 4 aliphatic rings. The van der Waals surface area contributed by atoms with Crippen molar-refractivity contribution in [2.75, 3.05) is 14.7 Å². The van der Waals surface area contributed by atoms with E-state index in [4.69, 9.17) is 0 Å². The van der Waals surface area contributed by atoms with Crippen LogP contribution >= 0.6 is 11.3 Å². The maximum Gasteiger partial charge on any atom is 0.252 e. The van der Waals surface area contributed by atoms with Crippen molar-refractivity contribution in [1.29, 1.82) is 0 Å². The van der Waals surface area contributed by atoms with E-state index in [1.807, 2.05) is 11.3 Å². The Balaban J connectivity index is 1.11. The molecule has 0 bridgehead atoms. The molecule has 0 spiro atoms. The van der Waals surface area contributed by atoms with Crippen LogP contribution in [0.25, 0.3) is 20.2 Å². The lowest BCUT2D eigenvalue weighted by molar-refractivity contribution is 0.332. The van der Waals surface area contributed by atoms with Crippen molar-refractivity contribution in [3.63, 3.8) is 0 Å². The summed E-state index contributed by atoms with van der Waals surface area (Å²) < 4.78 is 2.62. The van der Waals surface area contributed by atoms with Gasteiger partial charge in [-0.25, -0.2) is 0 Å². The Morgan fingerprint density at radius 1 is 0.449 bits per heavy atom. The number of anilines is 9. The Kier molecular flexibility index (Phi) is 11.1. The third-order valence-electron chi connectivity index (χ3n) is 19.0. The first kappa shape index (κ1) is 50.9. The SMILES string of the molecule is Cc1cc2c3c(c1)N(c1cc4c(cc1C)C(C)(C)CC4(C)C)c1cc4c(cc1B3c1ccc(N(c3ccc(C(C)(C)C)cc3)c3ccc(C(C)(C)C)cc3)cc1N2c1ccc2c(c1)sc1ccccc12)C(C)(C)CCC4(C)C. The van der Waals surface area contributed by atoms with Crippen molar-refractivity contribution in [1.82, 2.24) is 0 Å². The van der Waals surface area contributed by atoms with Gasteiger partial charge in [0.05, 0.1) is 0 Å². The van der Waals surface area contributed by atoms with Crippen molar-refractivity contribution in [2.24, 2.45) is 0 Å². The summed E-state index contributed by atoms with van der Waals surface area (Å²) in [6.07, 6.45) is 3.45. The number of rotatable bonds is 5. The van der Waals surface area contributed by atoms with Crippen molar-refractivity contribution in [2.45, 2.75) is 163 Å². The molecule has 0 unspecified atom stereocenters. The molecule has 1 aromatic heterocycles. The van der Waals surface area contributed by atoms with Crippen LogP contribution in [0.3, 0.4) is 0 Å². The van der Waals surface area contributed by atoms with Crippen LogP contribution in [-0.4, -0.2) is 6.71 Å². The van der Waals surface area contributed by atoms with E-state index in [9.17, 15) is 0 Å². The van der Waals surface area contributed by atoms with Gasteiger partial charge in [-0.05, 0) is 205 Å². The summed E-state index contributed by atoms with van der Waals surface area (Å²) in [4.78, 5) is 7.86. The van der Waals surface area contributed by atoms with Gasteiger partial charge in [0.15, 0.2) is 0 Å². The van der Waals surface area contributed by atoms with E-state index in [1.165, 1.54) is 115 Å². The minimum absolute atomic E-state index is 0.0166. The van der Waals surface area contributed by atoms with Crippen LogP contribution in [0.15, 0.2) is 146 Å². The maximum atomic E-state index is 2.73. The van der Waals surface area contributed by atoms with Gasteiger partial charge in [0.2, 0.25) is 0 Å². The molecule has 0 atom stereocenters. The summed E-state index contributed by atoms with van der Waals surface area (Å²) in [6, 6.07) is 57.8. The van der Waals surface area contributed by atoms with Gasteiger partial charge in [0, 0.05) is 71.4 Å². The normalized spacial score (nSPS) is 17.4. The summed E-state index contributed by atoms with van der Waals surface area (Å²) in [5.74, 6) is 0. The zero-order valence-electron chi connectivity index (χ0n) is 49.3. The lowest BCUT2D eigenvalue weighted by Gasteiger charge is -2.48. The number of thiophene rings is 1. The fraction of sp³-hybridized carbons (Fsp3) is 0.342. The van der Waals surface area contributed by atoms with Gasteiger partial charge < -0.3 is 14.7 Å². The van der Waals surface area contributed by atoms with Gasteiger partial charge in [0.1, 0.15) is 0 Å². The fourth-order valence-corrected chi connectivity index (χ4v) is 15.9. The molecule has 0 fully saturated rings. The van der Waals surface area contributed by atoms with Gasteiger partial charge >= 0.3 is 0 Å². The number of aryl methyl sites for hydroxylation is 2. The third kappa shape index (κ3) is 7.86. The summed E-state index contributed by atoms with van der Waals surface area (Å²) in [7, 11) is 0. The molecule has 0 saturated heterocycles. The standard InChI is InChI=1S/C73H78BN3S/c1-44-35-63-67-64(36-44)77(60-41-57-54(37-45(60)2)72(13,14)43-73(57,15)16)62-42-56-55(70(9,10)33-34-71(56,11)12)40-59(62)74(67)58-32-30-50(38-61(58)76(63)51-29-31-53-52-19-17-18-20-65(52)78-66(53)39-51)75(48-25-21-46(22-26-48)68(3,4)5)49-27-23-47(24-28-49)69(6,7)8/h17-32,35-42H,33-34,43H2,1-16H3. The minimum atomic E-state index is -0.0166. The minimum Gasteiger partial charge on any atom is -0.311 e. The Bertz CT molecular complexity index is 3890. The average Bonchev–Trinajstić information content (AvgIpc) is 2.65. The van der Waals surface area contributed by atoms with Crippen molar-refractivity contribution >= 4 is 106 Å². The van der Waals surface area contributed by atoms with Crippen LogP contribution in [-0.2, 0) is 32.5 Å². The maximum absolute atomic E-state index is 2.73. The van der Waals surface area contributed by atoms with E-state index in [-0.39, 0.29) is 39.2 Å². The first-order valence-corrected chi connectivity index (χ1v) is 29.7. The Hall–Kier alpha value is -6.56. The summed E-state index contributed by atoms with van der Waals surface area (Å²) in [5, 5.41) is 2.63. The fourth-order valence-electron chi connectivity index (χ4n) is 14.7. The molecular formula is C73H78BN3S. The topological polar surface area (TPSA) is 9.72 Å². The molecule has 394 valence electrons. The predicted molar refractivity (Wildman–Crippen MR) is 341 cm³/mol. The molecule has 0 saturated carbocycles. The summed E-state index contributed by atoms with van der Waals surface area (Å²) >= 11 is 1.90. The lowest BCUT2D eigenvalue weighted by Crippen LogP contribution is -2.62. The molecule has 0 amide bonds. The molecule has 0 N–H and O–H groups in total. The molecular weight excluding hydrogens is 962 g/mol. The summed E-state index contributed by atoms with van der Waals surface area (Å²) in [5.41, 5.74) is 26.6. The zero-order valence-corrected chi connectivity index (χ0v) is 50.1. The first-order valence-electron chi connectivity index (χ1n) is 28.9. The molecule has 13 rings (SSSR count). The van der Waals surface area contributed by atoms with E-state index in [0.717, 1.165) is 36.3 Å². The van der Waals surface area contributed by atoms with Crippen LogP contribution in [0.2, 0.25) is 0 Å². The third-order valence-corrected chi connectivity index (χ3v) is 20.1. The Labute approximate surface area is 470 Å². The molecule has 3 nitrogen and oxygen atoms in total. The number of hydrogen-bond acceptors (Lipinski definition) is 4. The Morgan fingerprint density at radius 3 is 1.58 bits per heavy atom. The number of hydrogen-bond donors (Lipinski definition) is 0. The van der Waals surface area contributed by atoms with Crippen LogP contribution in [0.5, 0.6) is 0 Å². The van der Waals surface area contributed by atoms with Gasteiger partial charge in [-0.2, -0.15) is 0 Å². The lowest BCUT2D eigenvalue weighted by atomic mass is 9.33. The monoisotopic (exact) mass is 1040 g/mol. The largest absolute Gasteiger partial charge is 0.311 e. The number of nitrogens with zero attached hydrogens (tertiary/aromatic N) is 3. The second-order valence-corrected chi connectivity index (χ2v) is 29.7. The number of benzene rings is 8. The van der Waals surface area contributed by atoms with Crippen molar-refractivity contribution in [3.05, 3.63) is 190 Å². The van der Waals surface area contributed by atoms with Crippen LogP contribution < -0.4 is 31.1 Å². The quantitative estimate of drug-likeness (QED) is 0.159. The Morgan fingerprint density at radius 2 is 0.962 bits per heavy atom. The molecule has 5 heteroatoms. The van der Waals surface area contributed by atoms with Crippen LogP contribution in [0, 0.1) is 13.8 Å². The second kappa shape index (κ2) is 17.0. The molecule has 2 aliphatic heterocycles. The highest BCUT2D eigenvalue weighted by Crippen LogP contribution is 2.55. The molecule has 2 aliphatic carbocycles. The van der Waals surface area contributed by atoms with Crippen molar-refractivity contribution < 1.29 is 0 Å². The molecule has 0 radical (unpaired) electrons. The van der Waals surface area contributed by atoms with Crippen LogP contribution in [0.1, 0.15) is 161 Å². The first-order chi connectivity index (χ1) is 36.7. The highest BCUT2D eigenvalue weighted by molar-refractivity contribution is 7.25. The molecule has 9 aromatic rings. The molecule has 78 heavy (non-hydrogen) atoms. The number of fused-ring (bicyclic) bond motifs is 9. The van der Waals surface area contributed by atoms with Gasteiger partial charge in [-0.15, -0.1) is 11.3 Å². The van der Waals surface area contributed by atoms with Crippen molar-refractivity contribution in [3.8, 4) is 0 Å². The molecule has 8 aromatic carbocycles. The van der Waals surface area contributed by atoms with Crippen LogP contribution in [0.4, 0.5) is 51.2 Å². The van der Waals surface area contributed by atoms with Gasteiger partial charge in [-0.1, -0.05) is 164 Å². The van der Waals surface area contributed by atoms with E-state index in [0.29, 0.717) is 0 Å². The van der Waals surface area contributed by atoms with E-state index >= 15 is 0 Å². The van der Waals surface area contributed by atoms with E-state index < -0.39 is 0 Å².